The van der Waals surface area contributed by atoms with E-state index in [1.807, 2.05) is 18.2 Å². The maximum absolute atomic E-state index is 9.60. The van der Waals surface area contributed by atoms with Crippen molar-refractivity contribution in [2.75, 3.05) is 6.61 Å². The first-order valence-corrected chi connectivity index (χ1v) is 7.69. The van der Waals surface area contributed by atoms with E-state index in [1.165, 1.54) is 32.1 Å². The van der Waals surface area contributed by atoms with Crippen molar-refractivity contribution in [2.24, 2.45) is 0 Å². The van der Waals surface area contributed by atoms with Gasteiger partial charge < -0.3 is 10.4 Å². The summed E-state index contributed by atoms with van der Waals surface area (Å²) in [6, 6.07) is 6.18. The summed E-state index contributed by atoms with van der Waals surface area (Å²) in [7, 11) is 0. The Kier molecular flexibility index (Phi) is 5.49. The molecule has 2 N–H and O–H groups in total. The molecular weight excluding hydrogens is 314 g/mol. The molecule has 0 spiro atoms. The molecule has 1 atom stereocenters. The Hall–Kier alpha value is -0.0900. The third kappa shape index (κ3) is 3.70. The highest BCUT2D eigenvalue weighted by Crippen LogP contribution is 2.28. The molecule has 0 heterocycles. The molecular formula is C14H19BrClNO. The van der Waals surface area contributed by atoms with Gasteiger partial charge in [-0.1, -0.05) is 46.8 Å². The van der Waals surface area contributed by atoms with Crippen LogP contribution in [0.3, 0.4) is 0 Å². The summed E-state index contributed by atoms with van der Waals surface area (Å²) < 4.78 is 0.995. The molecule has 0 aromatic heterocycles. The van der Waals surface area contributed by atoms with Crippen LogP contribution >= 0.6 is 27.5 Å². The lowest BCUT2D eigenvalue weighted by atomic mass is 9.94. The molecule has 0 aliphatic heterocycles. The molecule has 1 aromatic rings. The largest absolute Gasteiger partial charge is 0.394 e. The van der Waals surface area contributed by atoms with Gasteiger partial charge in [0.25, 0.3) is 0 Å². The van der Waals surface area contributed by atoms with E-state index >= 15 is 0 Å². The van der Waals surface area contributed by atoms with Crippen molar-refractivity contribution in [2.45, 2.75) is 44.2 Å². The van der Waals surface area contributed by atoms with Crippen LogP contribution in [0.15, 0.2) is 22.7 Å². The molecule has 1 aliphatic rings. The second kappa shape index (κ2) is 6.90. The predicted octanol–water partition coefficient (Wildman–Crippen LogP) is 4.06. The molecule has 18 heavy (non-hydrogen) atoms. The van der Waals surface area contributed by atoms with Crippen molar-refractivity contribution in [3.63, 3.8) is 0 Å². The molecule has 1 saturated carbocycles. The first-order valence-electron chi connectivity index (χ1n) is 6.52. The third-order valence-electron chi connectivity index (χ3n) is 3.56. The minimum Gasteiger partial charge on any atom is -0.394 e. The average Bonchev–Trinajstić information content (AvgIpc) is 2.40. The highest BCUT2D eigenvalue weighted by Gasteiger charge is 2.20. The van der Waals surface area contributed by atoms with Gasteiger partial charge in [0.05, 0.1) is 12.6 Å². The van der Waals surface area contributed by atoms with Gasteiger partial charge in [0, 0.05) is 15.5 Å². The van der Waals surface area contributed by atoms with E-state index in [0.29, 0.717) is 11.1 Å². The maximum atomic E-state index is 9.60. The molecule has 1 unspecified atom stereocenters. The Morgan fingerprint density at radius 3 is 2.72 bits per heavy atom. The molecule has 2 nitrogen and oxygen atoms in total. The molecule has 1 aromatic carbocycles. The summed E-state index contributed by atoms with van der Waals surface area (Å²) in [6.45, 7) is 0.0927. The quantitative estimate of drug-likeness (QED) is 0.871. The lowest BCUT2D eigenvalue weighted by molar-refractivity contribution is 0.220. The van der Waals surface area contributed by atoms with Crippen molar-refractivity contribution in [3.05, 3.63) is 33.3 Å². The number of hydrogen-bond acceptors (Lipinski definition) is 2. The number of aliphatic hydroxyl groups excluding tert-OH is 1. The van der Waals surface area contributed by atoms with Crippen LogP contribution < -0.4 is 5.32 Å². The second-order valence-corrected chi connectivity index (χ2v) is 6.19. The Balaban J connectivity index is 2.09. The minimum atomic E-state index is -0.0406. The van der Waals surface area contributed by atoms with Crippen LogP contribution in [0.4, 0.5) is 0 Å². The van der Waals surface area contributed by atoms with E-state index in [2.05, 4.69) is 21.2 Å². The van der Waals surface area contributed by atoms with Gasteiger partial charge in [-0.3, -0.25) is 0 Å². The van der Waals surface area contributed by atoms with E-state index in [-0.39, 0.29) is 12.6 Å². The van der Waals surface area contributed by atoms with E-state index in [9.17, 15) is 5.11 Å². The van der Waals surface area contributed by atoms with Gasteiger partial charge in [-0.15, -0.1) is 0 Å². The highest BCUT2D eigenvalue weighted by atomic mass is 79.9. The standard InChI is InChI=1S/C14H19BrClNO/c15-13-7-6-10(16)8-12(13)14(9-18)17-11-4-2-1-3-5-11/h6-8,11,14,17-18H,1-5,9H2. The number of hydrogen-bond donors (Lipinski definition) is 2. The smallest absolute Gasteiger partial charge is 0.0627 e. The minimum absolute atomic E-state index is 0.0406. The van der Waals surface area contributed by atoms with E-state index in [0.717, 1.165) is 10.0 Å². The van der Waals surface area contributed by atoms with Crippen LogP contribution in [0.1, 0.15) is 43.7 Å². The summed E-state index contributed by atoms with van der Waals surface area (Å²) in [5.74, 6) is 0. The van der Waals surface area contributed by atoms with Crippen molar-refractivity contribution < 1.29 is 5.11 Å². The molecule has 0 bridgehead atoms. The Labute approximate surface area is 122 Å². The molecule has 4 heteroatoms. The molecule has 0 radical (unpaired) electrons. The number of halogens is 2. The molecule has 100 valence electrons. The van der Waals surface area contributed by atoms with Crippen LogP contribution in [-0.2, 0) is 0 Å². The summed E-state index contributed by atoms with van der Waals surface area (Å²) in [5, 5.41) is 13.9. The SMILES string of the molecule is OCC(NC1CCCCC1)c1cc(Cl)ccc1Br. The summed E-state index contributed by atoms with van der Waals surface area (Å²) in [6.07, 6.45) is 6.31. The molecule has 0 saturated heterocycles. The maximum Gasteiger partial charge on any atom is 0.0627 e. The van der Waals surface area contributed by atoms with Crippen LogP contribution in [0.2, 0.25) is 5.02 Å². The Bertz CT molecular complexity index is 393. The highest BCUT2D eigenvalue weighted by molar-refractivity contribution is 9.10. The monoisotopic (exact) mass is 331 g/mol. The zero-order valence-corrected chi connectivity index (χ0v) is 12.7. The number of benzene rings is 1. The topological polar surface area (TPSA) is 32.3 Å². The zero-order valence-electron chi connectivity index (χ0n) is 10.3. The lowest BCUT2D eigenvalue weighted by Gasteiger charge is -2.28. The van der Waals surface area contributed by atoms with Crippen LogP contribution in [0.25, 0.3) is 0 Å². The van der Waals surface area contributed by atoms with Gasteiger partial charge in [-0.25, -0.2) is 0 Å². The second-order valence-electron chi connectivity index (χ2n) is 4.90. The molecule has 2 rings (SSSR count). The van der Waals surface area contributed by atoms with Gasteiger partial charge in [-0.05, 0) is 36.6 Å². The van der Waals surface area contributed by atoms with Gasteiger partial charge >= 0.3 is 0 Å². The van der Waals surface area contributed by atoms with Crippen LogP contribution in [0.5, 0.6) is 0 Å². The number of aliphatic hydroxyl groups is 1. The van der Waals surface area contributed by atoms with E-state index in [4.69, 9.17) is 11.6 Å². The molecule has 0 amide bonds. The average molecular weight is 333 g/mol. The van der Waals surface area contributed by atoms with Gasteiger partial charge in [0.1, 0.15) is 0 Å². The number of nitrogens with one attached hydrogen (secondary N) is 1. The Morgan fingerprint density at radius 1 is 1.33 bits per heavy atom. The van der Waals surface area contributed by atoms with E-state index in [1.54, 1.807) is 0 Å². The molecule has 1 aliphatic carbocycles. The van der Waals surface area contributed by atoms with Gasteiger partial charge in [0.2, 0.25) is 0 Å². The normalized spacial score (nSPS) is 18.8. The Morgan fingerprint density at radius 2 is 2.06 bits per heavy atom. The fourth-order valence-electron chi connectivity index (χ4n) is 2.58. The fraction of sp³-hybridized carbons (Fsp3) is 0.571. The molecule has 1 fully saturated rings. The summed E-state index contributed by atoms with van der Waals surface area (Å²) in [5.41, 5.74) is 1.04. The lowest BCUT2D eigenvalue weighted by Crippen LogP contribution is -2.36. The van der Waals surface area contributed by atoms with Gasteiger partial charge in [-0.2, -0.15) is 0 Å². The van der Waals surface area contributed by atoms with Gasteiger partial charge in [0.15, 0.2) is 0 Å². The van der Waals surface area contributed by atoms with Crippen LogP contribution in [0, 0.1) is 0 Å². The predicted molar refractivity (Wildman–Crippen MR) is 79.0 cm³/mol. The van der Waals surface area contributed by atoms with Crippen LogP contribution in [-0.4, -0.2) is 17.8 Å². The van der Waals surface area contributed by atoms with E-state index < -0.39 is 0 Å². The van der Waals surface area contributed by atoms with Crippen molar-refractivity contribution in [1.82, 2.24) is 5.32 Å². The van der Waals surface area contributed by atoms with Crippen molar-refractivity contribution >= 4 is 27.5 Å². The first-order chi connectivity index (χ1) is 8.70. The van der Waals surface area contributed by atoms with Crippen molar-refractivity contribution in [1.29, 1.82) is 0 Å². The zero-order chi connectivity index (χ0) is 13.0. The summed E-state index contributed by atoms with van der Waals surface area (Å²) >= 11 is 9.56. The number of rotatable bonds is 4. The van der Waals surface area contributed by atoms with Crippen molar-refractivity contribution in [3.8, 4) is 0 Å². The third-order valence-corrected chi connectivity index (χ3v) is 4.52. The first kappa shape index (κ1) is 14.3. The summed E-state index contributed by atoms with van der Waals surface area (Å²) in [4.78, 5) is 0. The fourth-order valence-corrected chi connectivity index (χ4v) is 3.28.